The number of nitrogens with zero attached hydrogens (tertiary/aromatic N) is 1. The predicted molar refractivity (Wildman–Crippen MR) is 84.0 cm³/mol. The number of rotatable bonds is 7. The van der Waals surface area contributed by atoms with Gasteiger partial charge in [-0.25, -0.2) is 0 Å². The maximum absolute atomic E-state index is 12.7. The van der Waals surface area contributed by atoms with E-state index >= 15 is 0 Å². The minimum Gasteiger partial charge on any atom is -0.395 e. The summed E-state index contributed by atoms with van der Waals surface area (Å²) < 4.78 is 38.2. The molecule has 0 aliphatic carbocycles. The van der Waals surface area contributed by atoms with Gasteiger partial charge in [-0.15, -0.1) is 0 Å². The quantitative estimate of drug-likeness (QED) is 0.839. The van der Waals surface area contributed by atoms with Gasteiger partial charge in [-0.3, -0.25) is 4.90 Å². The molecule has 0 aromatic heterocycles. The summed E-state index contributed by atoms with van der Waals surface area (Å²) in [5, 5.41) is 9.17. The van der Waals surface area contributed by atoms with Crippen molar-refractivity contribution in [2.45, 2.75) is 19.1 Å². The van der Waals surface area contributed by atoms with Crippen molar-refractivity contribution in [2.24, 2.45) is 0 Å². The minimum absolute atomic E-state index is 0.0232. The van der Waals surface area contributed by atoms with Gasteiger partial charge in [0, 0.05) is 19.6 Å². The Bertz CT molecular complexity index is 599. The molecule has 124 valence electrons. The van der Waals surface area contributed by atoms with Crippen molar-refractivity contribution in [3.63, 3.8) is 0 Å². The zero-order valence-electron chi connectivity index (χ0n) is 12.8. The highest BCUT2D eigenvalue weighted by Crippen LogP contribution is 2.29. The second kappa shape index (κ2) is 8.13. The molecule has 0 radical (unpaired) electrons. The van der Waals surface area contributed by atoms with E-state index in [1.54, 1.807) is 6.07 Å². The molecule has 0 atom stereocenters. The van der Waals surface area contributed by atoms with E-state index < -0.39 is 11.7 Å². The largest absolute Gasteiger partial charge is 0.416 e. The molecule has 0 heterocycles. The Morgan fingerprint density at radius 1 is 0.870 bits per heavy atom. The molecule has 2 aromatic rings. The van der Waals surface area contributed by atoms with Crippen molar-refractivity contribution in [2.75, 3.05) is 19.7 Å². The van der Waals surface area contributed by atoms with E-state index in [2.05, 4.69) is 0 Å². The van der Waals surface area contributed by atoms with Crippen LogP contribution in [0.25, 0.3) is 0 Å². The lowest BCUT2D eigenvalue weighted by Gasteiger charge is -2.21. The third-order valence-electron chi connectivity index (χ3n) is 3.64. The summed E-state index contributed by atoms with van der Waals surface area (Å²) >= 11 is 0. The first kappa shape index (κ1) is 17.5. The van der Waals surface area contributed by atoms with Crippen molar-refractivity contribution >= 4 is 0 Å². The van der Waals surface area contributed by atoms with E-state index in [0.29, 0.717) is 31.6 Å². The van der Waals surface area contributed by atoms with Gasteiger partial charge in [0.25, 0.3) is 0 Å². The fourth-order valence-electron chi connectivity index (χ4n) is 2.44. The number of alkyl halides is 3. The summed E-state index contributed by atoms with van der Waals surface area (Å²) in [6.45, 7) is 1.78. The maximum Gasteiger partial charge on any atom is 0.416 e. The normalized spacial score (nSPS) is 11.9. The molecule has 0 bridgehead atoms. The van der Waals surface area contributed by atoms with Crippen LogP contribution in [0.5, 0.6) is 0 Å². The topological polar surface area (TPSA) is 23.5 Å². The Hall–Kier alpha value is -1.85. The molecule has 1 N–H and O–H groups in total. The fraction of sp³-hybridized carbons (Fsp3) is 0.333. The first-order valence-corrected chi connectivity index (χ1v) is 7.52. The van der Waals surface area contributed by atoms with E-state index in [1.807, 2.05) is 35.2 Å². The summed E-state index contributed by atoms with van der Waals surface area (Å²) in [7, 11) is 0. The molecule has 0 spiro atoms. The van der Waals surface area contributed by atoms with E-state index in [0.717, 1.165) is 11.6 Å². The Kier molecular flexibility index (Phi) is 6.19. The summed E-state index contributed by atoms with van der Waals surface area (Å²) in [5.41, 5.74) is 1.15. The molecule has 2 nitrogen and oxygen atoms in total. The summed E-state index contributed by atoms with van der Waals surface area (Å²) in [4.78, 5) is 2.04. The van der Waals surface area contributed by atoms with E-state index in [-0.39, 0.29) is 6.61 Å². The molecule has 0 aliphatic heterocycles. The lowest BCUT2D eigenvalue weighted by atomic mass is 10.1. The molecular weight excluding hydrogens is 303 g/mol. The van der Waals surface area contributed by atoms with Crippen molar-refractivity contribution in [3.8, 4) is 0 Å². The number of aliphatic hydroxyl groups excluding tert-OH is 1. The van der Waals surface area contributed by atoms with Crippen molar-refractivity contribution in [3.05, 3.63) is 71.3 Å². The zero-order valence-corrected chi connectivity index (χ0v) is 12.8. The van der Waals surface area contributed by atoms with Crippen LogP contribution in [0, 0.1) is 0 Å². The molecule has 2 aromatic carbocycles. The number of hydrogen-bond acceptors (Lipinski definition) is 2. The first-order chi connectivity index (χ1) is 11.0. The highest BCUT2D eigenvalue weighted by Gasteiger charge is 2.30. The van der Waals surface area contributed by atoms with E-state index in [4.69, 9.17) is 0 Å². The van der Waals surface area contributed by atoms with Crippen LogP contribution in [0.15, 0.2) is 54.6 Å². The standard InChI is InChI=1S/C18H20F3NO/c19-18(20,21)17-8-4-7-15(13-17)9-10-22(11-12-23)14-16-5-2-1-3-6-16/h1-8,13,23H,9-12,14H2. The van der Waals surface area contributed by atoms with Crippen LogP contribution in [0.3, 0.4) is 0 Å². The molecule has 0 unspecified atom stereocenters. The van der Waals surface area contributed by atoms with Crippen LogP contribution in [-0.4, -0.2) is 29.7 Å². The second-order valence-corrected chi connectivity index (χ2v) is 5.43. The number of benzene rings is 2. The molecule has 0 fully saturated rings. The Labute approximate surface area is 134 Å². The monoisotopic (exact) mass is 323 g/mol. The average Bonchev–Trinajstić information content (AvgIpc) is 2.53. The van der Waals surface area contributed by atoms with Crippen LogP contribution in [0.2, 0.25) is 0 Å². The summed E-state index contributed by atoms with van der Waals surface area (Å²) in [6.07, 6.45) is -3.80. The minimum atomic E-state index is -4.31. The highest BCUT2D eigenvalue weighted by molar-refractivity contribution is 5.26. The third kappa shape index (κ3) is 5.69. The van der Waals surface area contributed by atoms with Gasteiger partial charge in [0.2, 0.25) is 0 Å². The van der Waals surface area contributed by atoms with Gasteiger partial charge in [-0.2, -0.15) is 13.2 Å². The van der Waals surface area contributed by atoms with Gasteiger partial charge in [-0.05, 0) is 23.6 Å². The van der Waals surface area contributed by atoms with Gasteiger partial charge in [0.1, 0.15) is 0 Å². The molecule has 0 saturated heterocycles. The van der Waals surface area contributed by atoms with Crippen molar-refractivity contribution < 1.29 is 18.3 Å². The molecule has 0 amide bonds. The first-order valence-electron chi connectivity index (χ1n) is 7.52. The van der Waals surface area contributed by atoms with Crippen molar-refractivity contribution in [1.82, 2.24) is 4.90 Å². The molecule has 0 saturated carbocycles. The van der Waals surface area contributed by atoms with Crippen LogP contribution in [0.4, 0.5) is 13.2 Å². The van der Waals surface area contributed by atoms with Gasteiger partial charge < -0.3 is 5.11 Å². The van der Waals surface area contributed by atoms with Gasteiger partial charge >= 0.3 is 6.18 Å². The highest BCUT2D eigenvalue weighted by atomic mass is 19.4. The van der Waals surface area contributed by atoms with Crippen LogP contribution in [-0.2, 0) is 19.1 Å². The van der Waals surface area contributed by atoms with Gasteiger partial charge in [0.05, 0.1) is 12.2 Å². The molecule has 0 aliphatic rings. The average molecular weight is 323 g/mol. The fourth-order valence-corrected chi connectivity index (χ4v) is 2.44. The zero-order chi connectivity index (χ0) is 16.7. The Morgan fingerprint density at radius 2 is 1.57 bits per heavy atom. The predicted octanol–water partition coefficient (Wildman–Crippen LogP) is 3.74. The number of aliphatic hydroxyl groups is 1. The lowest BCUT2D eigenvalue weighted by molar-refractivity contribution is -0.137. The van der Waals surface area contributed by atoms with E-state index in [9.17, 15) is 18.3 Å². The molecule has 23 heavy (non-hydrogen) atoms. The number of hydrogen-bond donors (Lipinski definition) is 1. The maximum atomic E-state index is 12.7. The molecule has 2 rings (SSSR count). The lowest BCUT2D eigenvalue weighted by Crippen LogP contribution is -2.28. The SMILES string of the molecule is OCCN(CCc1cccc(C(F)(F)F)c1)Cc1ccccc1. The van der Waals surface area contributed by atoms with Gasteiger partial charge in [0.15, 0.2) is 0 Å². The van der Waals surface area contributed by atoms with Crippen LogP contribution >= 0.6 is 0 Å². The smallest absolute Gasteiger partial charge is 0.395 e. The summed E-state index contributed by atoms with van der Waals surface area (Å²) in [5.74, 6) is 0. The second-order valence-electron chi connectivity index (χ2n) is 5.43. The Balaban J connectivity index is 1.98. The molecular formula is C18H20F3NO. The van der Waals surface area contributed by atoms with E-state index in [1.165, 1.54) is 12.1 Å². The van der Waals surface area contributed by atoms with Gasteiger partial charge in [-0.1, -0.05) is 48.5 Å². The van der Waals surface area contributed by atoms with Crippen LogP contribution < -0.4 is 0 Å². The summed E-state index contributed by atoms with van der Waals surface area (Å²) in [6, 6.07) is 15.2. The Morgan fingerprint density at radius 3 is 2.22 bits per heavy atom. The van der Waals surface area contributed by atoms with Crippen LogP contribution in [0.1, 0.15) is 16.7 Å². The molecule has 5 heteroatoms. The van der Waals surface area contributed by atoms with Crippen molar-refractivity contribution in [1.29, 1.82) is 0 Å². The number of halogens is 3. The third-order valence-corrected chi connectivity index (χ3v) is 3.64.